The van der Waals surface area contributed by atoms with E-state index in [9.17, 15) is 9.59 Å². The Morgan fingerprint density at radius 2 is 1.96 bits per heavy atom. The number of furan rings is 1. The van der Waals surface area contributed by atoms with Crippen LogP contribution in [0.2, 0.25) is 0 Å². The predicted octanol–water partition coefficient (Wildman–Crippen LogP) is 3.73. The van der Waals surface area contributed by atoms with Crippen LogP contribution in [-0.2, 0) is 0 Å². The summed E-state index contributed by atoms with van der Waals surface area (Å²) in [4.78, 5) is 25.7. The molecule has 0 saturated heterocycles. The van der Waals surface area contributed by atoms with Crippen molar-refractivity contribution in [2.45, 2.75) is 13.8 Å². The smallest absolute Gasteiger partial charge is 0.292 e. The molecule has 2 heterocycles. The highest BCUT2D eigenvalue weighted by Gasteiger charge is 2.22. The standard InChI is InChI=1S/C18H18N2O4S/c1-9-10(2)25-18(14(9)17(22)19-3)20-16(21)13-8-11-6-5-7-12(23-4)15(11)24-13/h5-8H,1-4H3,(H,19,22)(H,20,21). The minimum Gasteiger partial charge on any atom is -0.493 e. The van der Waals surface area contributed by atoms with Gasteiger partial charge in [0.05, 0.1) is 12.7 Å². The quantitative estimate of drug-likeness (QED) is 0.745. The molecule has 7 heteroatoms. The Labute approximate surface area is 148 Å². The molecule has 0 bridgehead atoms. The van der Waals surface area contributed by atoms with E-state index in [0.29, 0.717) is 21.9 Å². The topological polar surface area (TPSA) is 80.6 Å². The first-order valence-corrected chi connectivity index (χ1v) is 8.47. The highest BCUT2D eigenvalue weighted by atomic mass is 32.1. The summed E-state index contributed by atoms with van der Waals surface area (Å²) < 4.78 is 10.9. The first-order chi connectivity index (χ1) is 12.0. The normalized spacial score (nSPS) is 10.7. The number of thiophene rings is 1. The van der Waals surface area contributed by atoms with E-state index in [0.717, 1.165) is 15.8 Å². The van der Waals surface area contributed by atoms with E-state index in [4.69, 9.17) is 9.15 Å². The SMILES string of the molecule is CNC(=O)c1c(NC(=O)c2cc3cccc(OC)c3o2)sc(C)c1C. The Morgan fingerprint density at radius 3 is 2.64 bits per heavy atom. The van der Waals surface area contributed by atoms with Gasteiger partial charge in [-0.25, -0.2) is 0 Å². The maximum atomic E-state index is 12.6. The maximum absolute atomic E-state index is 12.6. The Morgan fingerprint density at radius 1 is 1.20 bits per heavy atom. The number of ether oxygens (including phenoxy) is 1. The lowest BCUT2D eigenvalue weighted by atomic mass is 10.1. The molecule has 1 aromatic carbocycles. The van der Waals surface area contributed by atoms with Crippen LogP contribution in [-0.4, -0.2) is 26.0 Å². The first kappa shape index (κ1) is 17.0. The molecule has 2 N–H and O–H groups in total. The fourth-order valence-corrected chi connectivity index (χ4v) is 3.64. The Bertz CT molecular complexity index is 971. The van der Waals surface area contributed by atoms with Gasteiger partial charge in [0.1, 0.15) is 5.00 Å². The number of hydrogen-bond donors (Lipinski definition) is 2. The lowest BCUT2D eigenvalue weighted by Crippen LogP contribution is -2.21. The van der Waals surface area contributed by atoms with Crippen molar-refractivity contribution in [1.29, 1.82) is 0 Å². The van der Waals surface area contributed by atoms with Crippen LogP contribution in [0, 0.1) is 13.8 Å². The number of benzene rings is 1. The molecule has 2 amide bonds. The highest BCUT2D eigenvalue weighted by molar-refractivity contribution is 7.16. The van der Waals surface area contributed by atoms with Crippen LogP contribution in [0.5, 0.6) is 5.75 Å². The largest absolute Gasteiger partial charge is 0.493 e. The number of para-hydroxylation sites is 1. The van der Waals surface area contributed by atoms with Gasteiger partial charge < -0.3 is 19.8 Å². The van der Waals surface area contributed by atoms with Crippen molar-refractivity contribution in [2.24, 2.45) is 0 Å². The number of rotatable bonds is 4. The number of amides is 2. The lowest BCUT2D eigenvalue weighted by Gasteiger charge is -2.05. The van der Waals surface area contributed by atoms with Gasteiger partial charge in [0.25, 0.3) is 11.8 Å². The summed E-state index contributed by atoms with van der Waals surface area (Å²) in [7, 11) is 3.11. The minimum absolute atomic E-state index is 0.158. The van der Waals surface area contributed by atoms with Crippen LogP contribution < -0.4 is 15.4 Å². The molecule has 0 aliphatic rings. The minimum atomic E-state index is -0.412. The second-order valence-electron chi connectivity index (χ2n) is 5.51. The maximum Gasteiger partial charge on any atom is 0.292 e. The molecule has 3 aromatic rings. The van der Waals surface area contributed by atoms with Gasteiger partial charge in [-0.1, -0.05) is 12.1 Å². The fourth-order valence-electron chi connectivity index (χ4n) is 2.59. The van der Waals surface area contributed by atoms with E-state index in [1.807, 2.05) is 26.0 Å². The summed E-state index contributed by atoms with van der Waals surface area (Å²) in [5.41, 5.74) is 1.85. The molecule has 25 heavy (non-hydrogen) atoms. The van der Waals surface area contributed by atoms with Gasteiger partial charge in [0, 0.05) is 17.3 Å². The first-order valence-electron chi connectivity index (χ1n) is 7.66. The summed E-state index contributed by atoms with van der Waals surface area (Å²) in [6.45, 7) is 3.77. The van der Waals surface area contributed by atoms with Crippen molar-refractivity contribution in [3.05, 3.63) is 46.0 Å². The van der Waals surface area contributed by atoms with Gasteiger partial charge >= 0.3 is 0 Å². The second-order valence-corrected chi connectivity index (χ2v) is 6.73. The Hall–Kier alpha value is -2.80. The Balaban J connectivity index is 1.96. The molecule has 0 fully saturated rings. The molecule has 0 unspecified atom stereocenters. The number of nitrogens with one attached hydrogen (secondary N) is 2. The third kappa shape index (κ3) is 2.98. The van der Waals surface area contributed by atoms with Crippen molar-refractivity contribution in [3.63, 3.8) is 0 Å². The molecule has 0 radical (unpaired) electrons. The highest BCUT2D eigenvalue weighted by Crippen LogP contribution is 2.33. The van der Waals surface area contributed by atoms with Gasteiger partial charge in [-0.05, 0) is 31.5 Å². The molecular formula is C18H18N2O4S. The number of aryl methyl sites for hydroxylation is 1. The van der Waals surface area contributed by atoms with Crippen LogP contribution in [0.25, 0.3) is 11.0 Å². The average Bonchev–Trinajstić information content (AvgIpc) is 3.16. The van der Waals surface area contributed by atoms with Crippen LogP contribution in [0.4, 0.5) is 5.00 Å². The van der Waals surface area contributed by atoms with Gasteiger partial charge in [-0.15, -0.1) is 11.3 Å². The predicted molar refractivity (Wildman–Crippen MR) is 97.9 cm³/mol. The van der Waals surface area contributed by atoms with Crippen molar-refractivity contribution in [2.75, 3.05) is 19.5 Å². The molecule has 0 saturated carbocycles. The monoisotopic (exact) mass is 358 g/mol. The van der Waals surface area contributed by atoms with Crippen LogP contribution in [0.15, 0.2) is 28.7 Å². The summed E-state index contributed by atoms with van der Waals surface area (Å²) in [6.07, 6.45) is 0. The second kappa shape index (κ2) is 6.60. The summed E-state index contributed by atoms with van der Waals surface area (Å²) in [5, 5.41) is 6.67. The zero-order valence-corrected chi connectivity index (χ0v) is 15.2. The van der Waals surface area contributed by atoms with Gasteiger partial charge in [-0.2, -0.15) is 0 Å². The average molecular weight is 358 g/mol. The Kier molecular flexibility index (Phi) is 4.50. The fraction of sp³-hybridized carbons (Fsp3) is 0.222. The van der Waals surface area contributed by atoms with Crippen LogP contribution >= 0.6 is 11.3 Å². The number of carbonyl (C=O) groups is 2. The zero-order chi connectivity index (χ0) is 18.1. The van der Waals surface area contributed by atoms with Gasteiger partial charge in [0.2, 0.25) is 0 Å². The number of methoxy groups -OCH3 is 1. The van der Waals surface area contributed by atoms with Crippen molar-refractivity contribution < 1.29 is 18.7 Å². The van der Waals surface area contributed by atoms with E-state index in [-0.39, 0.29) is 11.7 Å². The lowest BCUT2D eigenvalue weighted by molar-refractivity contribution is 0.0963. The third-order valence-electron chi connectivity index (χ3n) is 4.02. The molecule has 0 aliphatic carbocycles. The van der Waals surface area contributed by atoms with Gasteiger partial charge in [0.15, 0.2) is 17.1 Å². The van der Waals surface area contributed by atoms with Crippen LogP contribution in [0.3, 0.4) is 0 Å². The molecule has 130 valence electrons. The number of fused-ring (bicyclic) bond motifs is 1. The van der Waals surface area contributed by atoms with E-state index in [2.05, 4.69) is 10.6 Å². The van der Waals surface area contributed by atoms with Crippen molar-refractivity contribution in [3.8, 4) is 5.75 Å². The van der Waals surface area contributed by atoms with Crippen LogP contribution in [0.1, 0.15) is 31.4 Å². The van der Waals surface area contributed by atoms with Crippen molar-refractivity contribution >= 4 is 39.1 Å². The number of carbonyl (C=O) groups excluding carboxylic acids is 2. The summed E-state index contributed by atoms with van der Waals surface area (Å²) in [6, 6.07) is 7.09. The third-order valence-corrected chi connectivity index (χ3v) is 5.14. The number of anilines is 1. The summed E-state index contributed by atoms with van der Waals surface area (Å²) >= 11 is 1.36. The molecular weight excluding hydrogens is 340 g/mol. The van der Waals surface area contributed by atoms with Gasteiger partial charge in [-0.3, -0.25) is 9.59 Å². The molecule has 0 aliphatic heterocycles. The van der Waals surface area contributed by atoms with E-state index < -0.39 is 5.91 Å². The molecule has 2 aromatic heterocycles. The molecule has 0 atom stereocenters. The van der Waals surface area contributed by atoms with Crippen molar-refractivity contribution in [1.82, 2.24) is 5.32 Å². The van der Waals surface area contributed by atoms with E-state index in [1.54, 1.807) is 26.3 Å². The summed E-state index contributed by atoms with van der Waals surface area (Å²) in [5.74, 6) is 0.0737. The molecule has 3 rings (SSSR count). The number of hydrogen-bond acceptors (Lipinski definition) is 5. The van der Waals surface area contributed by atoms with E-state index >= 15 is 0 Å². The zero-order valence-electron chi connectivity index (χ0n) is 14.4. The molecule has 6 nitrogen and oxygen atoms in total. The van der Waals surface area contributed by atoms with E-state index in [1.165, 1.54) is 11.3 Å². The molecule has 0 spiro atoms.